The van der Waals surface area contributed by atoms with Gasteiger partial charge in [0.05, 0.1) is 20.8 Å². The molecule has 5 heteroatoms. The molecule has 0 saturated carbocycles. The average molecular weight is 383 g/mol. The summed E-state index contributed by atoms with van der Waals surface area (Å²) in [7, 11) is 3.22. The number of hydrogen-bond acceptors (Lipinski definition) is 4. The molecule has 0 radical (unpaired) electrons. The molecule has 2 rings (SSSR count). The maximum Gasteiger partial charge on any atom is 0.244 e. The van der Waals surface area contributed by atoms with Crippen molar-refractivity contribution in [3.63, 3.8) is 0 Å². The second-order valence-corrected chi connectivity index (χ2v) is 6.81. The molecule has 0 aliphatic carbocycles. The lowest BCUT2D eigenvalue weighted by Crippen LogP contribution is -2.20. The first-order chi connectivity index (χ1) is 13.5. The van der Waals surface area contributed by atoms with Crippen LogP contribution in [-0.4, -0.2) is 26.7 Å². The van der Waals surface area contributed by atoms with E-state index in [1.54, 1.807) is 20.3 Å². The molecule has 0 aliphatic heterocycles. The molecule has 2 aromatic rings. The zero-order valence-electron chi connectivity index (χ0n) is 17.0. The summed E-state index contributed by atoms with van der Waals surface area (Å²) in [6.45, 7) is 5.37. The van der Waals surface area contributed by atoms with E-state index in [2.05, 4.69) is 19.2 Å². The summed E-state index contributed by atoms with van der Waals surface area (Å²) in [5, 5.41) is 2.87. The van der Waals surface area contributed by atoms with Crippen LogP contribution in [0.3, 0.4) is 0 Å². The van der Waals surface area contributed by atoms with Gasteiger partial charge >= 0.3 is 0 Å². The largest absolute Gasteiger partial charge is 0.496 e. The topological polar surface area (TPSA) is 56.8 Å². The Bertz CT molecular complexity index is 799. The Morgan fingerprint density at radius 3 is 2.50 bits per heavy atom. The van der Waals surface area contributed by atoms with E-state index in [0.717, 1.165) is 23.3 Å². The van der Waals surface area contributed by atoms with Gasteiger partial charge in [-0.05, 0) is 42.2 Å². The quantitative estimate of drug-likeness (QED) is 0.616. The highest BCUT2D eigenvalue weighted by Crippen LogP contribution is 2.28. The number of nitrogens with one attached hydrogen (secondary N) is 1. The number of benzene rings is 2. The number of ether oxygens (including phenoxy) is 3. The van der Waals surface area contributed by atoms with Crippen LogP contribution in [0, 0.1) is 5.92 Å². The molecule has 0 aliphatic rings. The van der Waals surface area contributed by atoms with Crippen molar-refractivity contribution in [3.05, 3.63) is 59.7 Å². The molecule has 5 nitrogen and oxygen atoms in total. The van der Waals surface area contributed by atoms with Crippen LogP contribution in [-0.2, 0) is 11.3 Å². The van der Waals surface area contributed by atoms with Gasteiger partial charge in [-0.15, -0.1) is 0 Å². The highest BCUT2D eigenvalue weighted by atomic mass is 16.5. The number of carbonyl (C=O) groups is 1. The van der Waals surface area contributed by atoms with E-state index >= 15 is 0 Å². The van der Waals surface area contributed by atoms with E-state index in [-0.39, 0.29) is 5.91 Å². The Kier molecular flexibility index (Phi) is 8.40. The van der Waals surface area contributed by atoms with Gasteiger partial charge in [-0.2, -0.15) is 0 Å². The third-order valence-corrected chi connectivity index (χ3v) is 4.20. The SMILES string of the molecule is COc1ccccc1/C=C/C(=O)NCc1ccc(OCCC(C)C)c(OC)c1. The minimum atomic E-state index is -0.179. The van der Waals surface area contributed by atoms with Crippen LogP contribution < -0.4 is 19.5 Å². The summed E-state index contributed by atoms with van der Waals surface area (Å²) in [4.78, 5) is 12.1. The molecule has 1 amide bonds. The van der Waals surface area contributed by atoms with Gasteiger partial charge in [-0.1, -0.05) is 38.1 Å². The van der Waals surface area contributed by atoms with Crippen molar-refractivity contribution >= 4 is 12.0 Å². The number of para-hydroxylation sites is 1. The standard InChI is InChI=1S/C23H29NO4/c1-17(2)13-14-28-21-11-9-18(15-22(21)27-4)16-24-23(25)12-10-19-7-5-6-8-20(19)26-3/h5-12,15,17H,13-14,16H2,1-4H3,(H,24,25)/b12-10+. The summed E-state index contributed by atoms with van der Waals surface area (Å²) in [6.07, 6.45) is 4.22. The zero-order chi connectivity index (χ0) is 20.4. The highest BCUT2D eigenvalue weighted by molar-refractivity contribution is 5.92. The molecule has 0 aromatic heterocycles. The molecule has 0 saturated heterocycles. The molecule has 0 heterocycles. The second-order valence-electron chi connectivity index (χ2n) is 6.81. The third kappa shape index (κ3) is 6.65. The van der Waals surface area contributed by atoms with Gasteiger partial charge in [-0.3, -0.25) is 4.79 Å². The number of methoxy groups -OCH3 is 2. The molecule has 1 N–H and O–H groups in total. The van der Waals surface area contributed by atoms with Crippen molar-refractivity contribution in [2.75, 3.05) is 20.8 Å². The molecular weight excluding hydrogens is 354 g/mol. The van der Waals surface area contributed by atoms with Crippen molar-refractivity contribution in [2.45, 2.75) is 26.8 Å². The average Bonchev–Trinajstić information content (AvgIpc) is 2.71. The number of rotatable bonds is 10. The van der Waals surface area contributed by atoms with E-state index in [1.165, 1.54) is 6.08 Å². The minimum absolute atomic E-state index is 0.179. The number of hydrogen-bond donors (Lipinski definition) is 1. The van der Waals surface area contributed by atoms with Crippen molar-refractivity contribution in [1.29, 1.82) is 0 Å². The lowest BCUT2D eigenvalue weighted by Gasteiger charge is -2.13. The Hall–Kier alpha value is -2.95. The monoisotopic (exact) mass is 383 g/mol. The molecule has 0 unspecified atom stereocenters. The smallest absolute Gasteiger partial charge is 0.244 e. The van der Waals surface area contributed by atoms with Gasteiger partial charge in [0.2, 0.25) is 5.91 Å². The van der Waals surface area contributed by atoms with Crippen molar-refractivity contribution in [2.24, 2.45) is 5.92 Å². The van der Waals surface area contributed by atoms with Crippen LogP contribution in [0.2, 0.25) is 0 Å². The predicted molar refractivity (Wildman–Crippen MR) is 112 cm³/mol. The summed E-state index contributed by atoms with van der Waals surface area (Å²) in [5.41, 5.74) is 1.79. The summed E-state index contributed by atoms with van der Waals surface area (Å²) < 4.78 is 16.5. The minimum Gasteiger partial charge on any atom is -0.496 e. The lowest BCUT2D eigenvalue weighted by molar-refractivity contribution is -0.116. The molecule has 0 atom stereocenters. The Labute approximate surface area is 167 Å². The molecular formula is C23H29NO4. The Balaban J connectivity index is 1.92. The van der Waals surface area contributed by atoms with E-state index in [1.807, 2.05) is 42.5 Å². The molecule has 2 aromatic carbocycles. The van der Waals surface area contributed by atoms with Crippen molar-refractivity contribution < 1.29 is 19.0 Å². The maximum absolute atomic E-state index is 12.1. The van der Waals surface area contributed by atoms with Gasteiger partial charge < -0.3 is 19.5 Å². The second kappa shape index (κ2) is 11.0. The van der Waals surface area contributed by atoms with Gasteiger partial charge in [0.1, 0.15) is 5.75 Å². The van der Waals surface area contributed by atoms with Crippen LogP contribution in [0.4, 0.5) is 0 Å². The molecule has 150 valence electrons. The Morgan fingerprint density at radius 1 is 1.04 bits per heavy atom. The fourth-order valence-electron chi connectivity index (χ4n) is 2.56. The van der Waals surface area contributed by atoms with Gasteiger partial charge in [0.15, 0.2) is 11.5 Å². The van der Waals surface area contributed by atoms with Crippen LogP contribution in [0.5, 0.6) is 17.2 Å². The van der Waals surface area contributed by atoms with Crippen molar-refractivity contribution in [1.82, 2.24) is 5.32 Å². The van der Waals surface area contributed by atoms with Crippen LogP contribution >= 0.6 is 0 Å². The first-order valence-electron chi connectivity index (χ1n) is 9.42. The summed E-state index contributed by atoms with van der Waals surface area (Å²) in [5.74, 6) is 2.52. The predicted octanol–water partition coefficient (Wildman–Crippen LogP) is 4.46. The van der Waals surface area contributed by atoms with Crippen molar-refractivity contribution in [3.8, 4) is 17.2 Å². The lowest BCUT2D eigenvalue weighted by atomic mass is 10.1. The van der Waals surface area contributed by atoms with Crippen LogP contribution in [0.15, 0.2) is 48.5 Å². The third-order valence-electron chi connectivity index (χ3n) is 4.20. The summed E-state index contributed by atoms with van der Waals surface area (Å²) in [6, 6.07) is 13.2. The highest BCUT2D eigenvalue weighted by Gasteiger charge is 2.07. The number of carbonyl (C=O) groups excluding carboxylic acids is 1. The molecule has 0 spiro atoms. The fraction of sp³-hybridized carbons (Fsp3) is 0.348. The van der Waals surface area contributed by atoms with Crippen LogP contribution in [0.1, 0.15) is 31.4 Å². The van der Waals surface area contributed by atoms with E-state index in [9.17, 15) is 4.79 Å². The molecule has 28 heavy (non-hydrogen) atoms. The Morgan fingerprint density at radius 2 is 1.79 bits per heavy atom. The van der Waals surface area contributed by atoms with E-state index in [0.29, 0.717) is 30.6 Å². The molecule has 0 fully saturated rings. The van der Waals surface area contributed by atoms with Crippen LogP contribution in [0.25, 0.3) is 6.08 Å². The first kappa shape index (κ1) is 21.4. The van der Waals surface area contributed by atoms with Gasteiger partial charge in [-0.25, -0.2) is 0 Å². The van der Waals surface area contributed by atoms with Gasteiger partial charge in [0, 0.05) is 18.2 Å². The first-order valence-corrected chi connectivity index (χ1v) is 9.42. The number of amides is 1. The molecule has 0 bridgehead atoms. The maximum atomic E-state index is 12.1. The van der Waals surface area contributed by atoms with E-state index in [4.69, 9.17) is 14.2 Å². The normalized spacial score (nSPS) is 10.9. The van der Waals surface area contributed by atoms with Gasteiger partial charge in [0.25, 0.3) is 0 Å². The van der Waals surface area contributed by atoms with E-state index < -0.39 is 0 Å². The summed E-state index contributed by atoms with van der Waals surface area (Å²) >= 11 is 0. The zero-order valence-corrected chi connectivity index (χ0v) is 17.0. The fourth-order valence-corrected chi connectivity index (χ4v) is 2.56.